The standard InChI is InChI=1S/C23H19N3O2/c27-23(26-13-7-8-14-26)18-15-19(16-9-3-1-4-10-16)24-22-20(18)21(25-28-22)17-11-5-2-6-12-17/h1-6,9-12,15H,7-8,13-14H2. The molecule has 4 aromatic rings. The van der Waals surface area contributed by atoms with E-state index in [9.17, 15) is 4.79 Å². The van der Waals surface area contributed by atoms with E-state index in [1.807, 2.05) is 71.6 Å². The van der Waals surface area contributed by atoms with E-state index in [-0.39, 0.29) is 5.91 Å². The molecule has 0 atom stereocenters. The second-order valence-electron chi connectivity index (χ2n) is 7.00. The van der Waals surface area contributed by atoms with Crippen molar-refractivity contribution < 1.29 is 9.32 Å². The van der Waals surface area contributed by atoms with Crippen molar-refractivity contribution in [3.05, 3.63) is 72.3 Å². The molecule has 28 heavy (non-hydrogen) atoms. The van der Waals surface area contributed by atoms with Crippen molar-refractivity contribution in [1.82, 2.24) is 15.0 Å². The predicted octanol–water partition coefficient (Wildman–Crippen LogP) is 4.79. The van der Waals surface area contributed by atoms with Gasteiger partial charge in [-0.25, -0.2) is 4.98 Å². The summed E-state index contributed by atoms with van der Waals surface area (Å²) in [6.45, 7) is 1.57. The number of amides is 1. The van der Waals surface area contributed by atoms with Crippen LogP contribution in [0.4, 0.5) is 0 Å². The van der Waals surface area contributed by atoms with Crippen molar-refractivity contribution in [1.29, 1.82) is 0 Å². The fraction of sp³-hybridized carbons (Fsp3) is 0.174. The predicted molar refractivity (Wildman–Crippen MR) is 108 cm³/mol. The zero-order valence-corrected chi connectivity index (χ0v) is 15.3. The van der Waals surface area contributed by atoms with Crippen LogP contribution in [0, 0.1) is 0 Å². The van der Waals surface area contributed by atoms with Crippen LogP contribution in [0.2, 0.25) is 0 Å². The van der Waals surface area contributed by atoms with E-state index in [4.69, 9.17) is 4.52 Å². The van der Waals surface area contributed by atoms with Gasteiger partial charge in [-0.3, -0.25) is 4.79 Å². The van der Waals surface area contributed by atoms with E-state index >= 15 is 0 Å². The number of aromatic nitrogens is 2. The van der Waals surface area contributed by atoms with Gasteiger partial charge in [-0.2, -0.15) is 0 Å². The number of hydrogen-bond donors (Lipinski definition) is 0. The van der Waals surface area contributed by atoms with E-state index in [1.54, 1.807) is 0 Å². The van der Waals surface area contributed by atoms with Gasteiger partial charge in [-0.1, -0.05) is 65.8 Å². The first-order valence-corrected chi connectivity index (χ1v) is 9.52. The van der Waals surface area contributed by atoms with Gasteiger partial charge in [0.2, 0.25) is 0 Å². The molecule has 1 aliphatic rings. The molecule has 138 valence electrons. The fourth-order valence-corrected chi connectivity index (χ4v) is 3.76. The molecule has 5 heteroatoms. The van der Waals surface area contributed by atoms with Crippen molar-refractivity contribution in [2.24, 2.45) is 0 Å². The summed E-state index contributed by atoms with van der Waals surface area (Å²) in [4.78, 5) is 19.9. The average Bonchev–Trinajstić information content (AvgIpc) is 3.44. The molecular formula is C23H19N3O2. The van der Waals surface area contributed by atoms with Crippen LogP contribution in [0.3, 0.4) is 0 Å². The number of fused-ring (bicyclic) bond motifs is 1. The van der Waals surface area contributed by atoms with Crippen LogP contribution in [0.5, 0.6) is 0 Å². The van der Waals surface area contributed by atoms with Crippen LogP contribution in [0.1, 0.15) is 23.2 Å². The first-order valence-electron chi connectivity index (χ1n) is 9.52. The SMILES string of the molecule is O=C(c1cc(-c2ccccc2)nc2onc(-c3ccccc3)c12)N1CCCC1. The van der Waals surface area contributed by atoms with E-state index in [1.165, 1.54) is 0 Å². The Labute approximate surface area is 162 Å². The molecule has 0 bridgehead atoms. The van der Waals surface area contributed by atoms with Gasteiger partial charge in [0.05, 0.1) is 16.6 Å². The number of likely N-dealkylation sites (tertiary alicyclic amines) is 1. The molecule has 1 fully saturated rings. The molecule has 0 aliphatic carbocycles. The van der Waals surface area contributed by atoms with E-state index in [2.05, 4.69) is 10.1 Å². The van der Waals surface area contributed by atoms with Crippen molar-refractivity contribution in [2.45, 2.75) is 12.8 Å². The highest BCUT2D eigenvalue weighted by atomic mass is 16.5. The van der Waals surface area contributed by atoms with Crippen LogP contribution in [0.25, 0.3) is 33.6 Å². The molecule has 2 aromatic carbocycles. The minimum absolute atomic E-state index is 0.0162. The summed E-state index contributed by atoms with van der Waals surface area (Å²) in [5, 5.41) is 4.94. The molecule has 5 rings (SSSR count). The maximum Gasteiger partial charge on any atom is 0.259 e. The highest BCUT2D eigenvalue weighted by Crippen LogP contribution is 2.33. The van der Waals surface area contributed by atoms with Gasteiger partial charge in [0.25, 0.3) is 11.6 Å². The zero-order chi connectivity index (χ0) is 18.9. The second kappa shape index (κ2) is 6.93. The van der Waals surface area contributed by atoms with Crippen molar-refractivity contribution in [2.75, 3.05) is 13.1 Å². The Morgan fingerprint density at radius 3 is 2.21 bits per heavy atom. The first kappa shape index (κ1) is 16.7. The number of hydrogen-bond acceptors (Lipinski definition) is 4. The Morgan fingerprint density at radius 2 is 1.54 bits per heavy atom. The Kier molecular flexibility index (Phi) is 4.13. The zero-order valence-electron chi connectivity index (χ0n) is 15.3. The maximum atomic E-state index is 13.4. The molecule has 5 nitrogen and oxygen atoms in total. The molecule has 0 spiro atoms. The monoisotopic (exact) mass is 369 g/mol. The molecule has 3 heterocycles. The van der Waals surface area contributed by atoms with Crippen molar-refractivity contribution in [3.8, 4) is 22.5 Å². The lowest BCUT2D eigenvalue weighted by atomic mass is 10.0. The van der Waals surface area contributed by atoms with Gasteiger partial charge in [-0.05, 0) is 18.9 Å². The Bertz CT molecular complexity index is 1130. The van der Waals surface area contributed by atoms with Gasteiger partial charge in [0.15, 0.2) is 0 Å². The molecule has 1 aliphatic heterocycles. The molecule has 0 radical (unpaired) electrons. The fourth-order valence-electron chi connectivity index (χ4n) is 3.76. The van der Waals surface area contributed by atoms with Gasteiger partial charge in [-0.15, -0.1) is 0 Å². The highest BCUT2D eigenvalue weighted by molar-refractivity contribution is 6.10. The molecular weight excluding hydrogens is 350 g/mol. The maximum absolute atomic E-state index is 13.4. The quantitative estimate of drug-likeness (QED) is 0.521. The molecule has 0 N–H and O–H groups in total. The first-order chi connectivity index (χ1) is 13.8. The average molecular weight is 369 g/mol. The van der Waals surface area contributed by atoms with Gasteiger partial charge < -0.3 is 9.42 Å². The summed E-state index contributed by atoms with van der Waals surface area (Å²) >= 11 is 0. The summed E-state index contributed by atoms with van der Waals surface area (Å²) < 4.78 is 5.59. The van der Waals surface area contributed by atoms with Crippen LogP contribution in [-0.4, -0.2) is 34.0 Å². The highest BCUT2D eigenvalue weighted by Gasteiger charge is 2.26. The van der Waals surface area contributed by atoms with Crippen LogP contribution < -0.4 is 0 Å². The number of pyridine rings is 1. The van der Waals surface area contributed by atoms with Gasteiger partial charge in [0.1, 0.15) is 5.69 Å². The minimum Gasteiger partial charge on any atom is -0.339 e. The van der Waals surface area contributed by atoms with Gasteiger partial charge >= 0.3 is 0 Å². The lowest BCUT2D eigenvalue weighted by molar-refractivity contribution is 0.0794. The summed E-state index contributed by atoms with van der Waals surface area (Å²) in [6.07, 6.45) is 2.08. The van der Waals surface area contributed by atoms with E-state index in [0.717, 1.165) is 37.1 Å². The van der Waals surface area contributed by atoms with Crippen LogP contribution in [-0.2, 0) is 0 Å². The summed E-state index contributed by atoms with van der Waals surface area (Å²) in [7, 11) is 0. The van der Waals surface area contributed by atoms with Crippen LogP contribution >= 0.6 is 0 Å². The molecule has 0 saturated carbocycles. The number of nitrogens with zero attached hydrogens (tertiary/aromatic N) is 3. The van der Waals surface area contributed by atoms with Gasteiger partial charge in [0, 0.05) is 24.2 Å². The molecule has 0 unspecified atom stereocenters. The molecule has 2 aromatic heterocycles. The molecule has 1 amide bonds. The number of carbonyl (C=O) groups excluding carboxylic acids is 1. The normalized spacial score (nSPS) is 13.9. The lowest BCUT2D eigenvalue weighted by Gasteiger charge is -2.16. The Hall–Kier alpha value is -3.47. The third kappa shape index (κ3) is 2.85. The number of benzene rings is 2. The largest absolute Gasteiger partial charge is 0.339 e. The van der Waals surface area contributed by atoms with Crippen molar-refractivity contribution in [3.63, 3.8) is 0 Å². The second-order valence-corrected chi connectivity index (χ2v) is 7.00. The Balaban J connectivity index is 1.74. The number of rotatable bonds is 3. The summed E-state index contributed by atoms with van der Waals surface area (Å²) in [6, 6.07) is 21.5. The van der Waals surface area contributed by atoms with Crippen LogP contribution in [0.15, 0.2) is 71.3 Å². The lowest BCUT2D eigenvalue weighted by Crippen LogP contribution is -2.27. The Morgan fingerprint density at radius 1 is 0.893 bits per heavy atom. The number of carbonyl (C=O) groups is 1. The third-order valence-corrected chi connectivity index (χ3v) is 5.19. The van der Waals surface area contributed by atoms with Crippen molar-refractivity contribution >= 4 is 17.0 Å². The minimum atomic E-state index is 0.0162. The summed E-state index contributed by atoms with van der Waals surface area (Å²) in [5.74, 6) is 0.0162. The third-order valence-electron chi connectivity index (χ3n) is 5.19. The summed E-state index contributed by atoms with van der Waals surface area (Å²) in [5.41, 5.74) is 4.22. The topological polar surface area (TPSA) is 59.2 Å². The van der Waals surface area contributed by atoms with E-state index < -0.39 is 0 Å². The smallest absolute Gasteiger partial charge is 0.259 e. The molecule has 1 saturated heterocycles. The van der Waals surface area contributed by atoms with E-state index in [0.29, 0.717) is 28.1 Å².